The molecule has 2 nitrogen and oxygen atoms in total. The number of piperidine rings is 1. The molecule has 0 spiro atoms. The molecule has 1 aromatic carbocycles. The lowest BCUT2D eigenvalue weighted by molar-refractivity contribution is 0.210. The number of hydrogen-bond donors (Lipinski definition) is 1. The maximum Gasteiger partial charge on any atom is 0.119 e. The van der Waals surface area contributed by atoms with Gasteiger partial charge in [-0.2, -0.15) is 0 Å². The van der Waals surface area contributed by atoms with Crippen molar-refractivity contribution in [2.24, 2.45) is 0 Å². The number of ether oxygens (including phenoxy) is 1. The van der Waals surface area contributed by atoms with Crippen LogP contribution in [0.25, 0.3) is 0 Å². The Morgan fingerprint density at radius 3 is 2.39 bits per heavy atom. The minimum absolute atomic E-state index is 0.465. The molecular weight excluding hydrogens is 222 g/mol. The van der Waals surface area contributed by atoms with Crippen LogP contribution in [-0.2, 0) is 0 Å². The second kappa shape index (κ2) is 5.75. The van der Waals surface area contributed by atoms with Crippen molar-refractivity contribution in [3.63, 3.8) is 0 Å². The van der Waals surface area contributed by atoms with Crippen molar-refractivity contribution in [2.45, 2.75) is 50.5 Å². The highest BCUT2D eigenvalue weighted by molar-refractivity contribution is 5.30. The molecular formula is C16H23NO. The van der Waals surface area contributed by atoms with Crippen LogP contribution in [0.3, 0.4) is 0 Å². The summed E-state index contributed by atoms with van der Waals surface area (Å²) in [6.07, 6.45) is 8.20. The average molecular weight is 245 g/mol. The molecule has 2 fully saturated rings. The van der Waals surface area contributed by atoms with Gasteiger partial charge in [-0.1, -0.05) is 12.1 Å². The van der Waals surface area contributed by atoms with E-state index in [1.807, 2.05) is 0 Å². The second-order valence-corrected chi connectivity index (χ2v) is 5.64. The molecule has 3 rings (SSSR count). The van der Waals surface area contributed by atoms with E-state index in [0.29, 0.717) is 12.0 Å². The Hall–Kier alpha value is -1.02. The molecule has 1 atom stereocenters. The molecule has 0 amide bonds. The van der Waals surface area contributed by atoms with Crippen LogP contribution in [0.5, 0.6) is 5.75 Å². The number of benzene rings is 1. The monoisotopic (exact) mass is 245 g/mol. The SMILES string of the molecule is c1cc(C2CCCNC2)ccc1OC1CCCC1. The lowest BCUT2D eigenvalue weighted by Gasteiger charge is -2.23. The normalized spacial score (nSPS) is 25.2. The van der Waals surface area contributed by atoms with Crippen LogP contribution in [0.4, 0.5) is 0 Å². The van der Waals surface area contributed by atoms with E-state index in [4.69, 9.17) is 4.74 Å². The van der Waals surface area contributed by atoms with Crippen molar-refractivity contribution < 1.29 is 4.74 Å². The zero-order valence-corrected chi connectivity index (χ0v) is 11.0. The smallest absolute Gasteiger partial charge is 0.119 e. The van der Waals surface area contributed by atoms with Crippen LogP contribution in [-0.4, -0.2) is 19.2 Å². The maximum atomic E-state index is 6.00. The van der Waals surface area contributed by atoms with Gasteiger partial charge in [-0.15, -0.1) is 0 Å². The summed E-state index contributed by atoms with van der Waals surface area (Å²) in [6, 6.07) is 8.81. The minimum Gasteiger partial charge on any atom is -0.490 e. The number of rotatable bonds is 3. The van der Waals surface area contributed by atoms with Gasteiger partial charge in [0.05, 0.1) is 6.10 Å². The van der Waals surface area contributed by atoms with Gasteiger partial charge < -0.3 is 10.1 Å². The molecule has 2 aliphatic rings. The molecule has 0 bridgehead atoms. The first kappa shape index (κ1) is 12.0. The van der Waals surface area contributed by atoms with Gasteiger partial charge >= 0.3 is 0 Å². The van der Waals surface area contributed by atoms with Gasteiger partial charge in [0.25, 0.3) is 0 Å². The topological polar surface area (TPSA) is 21.3 Å². The molecule has 98 valence electrons. The van der Waals surface area contributed by atoms with E-state index in [-0.39, 0.29) is 0 Å². The van der Waals surface area contributed by atoms with Gasteiger partial charge in [0.15, 0.2) is 0 Å². The highest BCUT2D eigenvalue weighted by Gasteiger charge is 2.17. The van der Waals surface area contributed by atoms with Crippen LogP contribution >= 0.6 is 0 Å². The molecule has 1 saturated heterocycles. The quantitative estimate of drug-likeness (QED) is 0.880. The van der Waals surface area contributed by atoms with E-state index >= 15 is 0 Å². The molecule has 1 heterocycles. The molecule has 0 radical (unpaired) electrons. The first-order chi connectivity index (χ1) is 8.92. The lowest BCUT2D eigenvalue weighted by atomic mass is 9.92. The van der Waals surface area contributed by atoms with Gasteiger partial charge in [-0.25, -0.2) is 0 Å². The Balaban J connectivity index is 1.60. The predicted octanol–water partition coefficient (Wildman–Crippen LogP) is 3.48. The van der Waals surface area contributed by atoms with E-state index in [1.165, 1.54) is 50.6 Å². The van der Waals surface area contributed by atoms with Crippen molar-refractivity contribution in [3.8, 4) is 5.75 Å². The van der Waals surface area contributed by atoms with Crippen LogP contribution in [0.1, 0.15) is 50.0 Å². The summed E-state index contributed by atoms with van der Waals surface area (Å²) in [5.74, 6) is 1.74. The highest BCUT2D eigenvalue weighted by atomic mass is 16.5. The van der Waals surface area contributed by atoms with Crippen molar-refractivity contribution in [2.75, 3.05) is 13.1 Å². The van der Waals surface area contributed by atoms with Crippen molar-refractivity contribution in [3.05, 3.63) is 29.8 Å². The minimum atomic E-state index is 0.465. The van der Waals surface area contributed by atoms with Crippen molar-refractivity contribution >= 4 is 0 Å². The summed E-state index contributed by atoms with van der Waals surface area (Å²) in [6.45, 7) is 2.31. The van der Waals surface area contributed by atoms with Crippen LogP contribution < -0.4 is 10.1 Å². The first-order valence-electron chi connectivity index (χ1n) is 7.39. The van der Waals surface area contributed by atoms with E-state index < -0.39 is 0 Å². The van der Waals surface area contributed by atoms with Crippen LogP contribution in [0, 0.1) is 0 Å². The summed E-state index contributed by atoms with van der Waals surface area (Å²) in [5.41, 5.74) is 1.46. The molecule has 1 unspecified atom stereocenters. The molecule has 1 aromatic rings. The summed E-state index contributed by atoms with van der Waals surface area (Å²) >= 11 is 0. The zero-order chi connectivity index (χ0) is 12.2. The van der Waals surface area contributed by atoms with E-state index in [9.17, 15) is 0 Å². The molecule has 1 aliphatic heterocycles. The van der Waals surface area contributed by atoms with Gasteiger partial charge in [0.1, 0.15) is 5.75 Å². The fourth-order valence-corrected chi connectivity index (χ4v) is 3.15. The molecule has 0 aromatic heterocycles. The van der Waals surface area contributed by atoms with E-state index in [1.54, 1.807) is 0 Å². The molecule has 1 saturated carbocycles. The van der Waals surface area contributed by atoms with Gasteiger partial charge in [0, 0.05) is 6.54 Å². The zero-order valence-electron chi connectivity index (χ0n) is 11.0. The third-order valence-corrected chi connectivity index (χ3v) is 4.25. The lowest BCUT2D eigenvalue weighted by Crippen LogP contribution is -2.28. The summed E-state index contributed by atoms with van der Waals surface area (Å²) in [7, 11) is 0. The Morgan fingerprint density at radius 1 is 0.944 bits per heavy atom. The fraction of sp³-hybridized carbons (Fsp3) is 0.625. The van der Waals surface area contributed by atoms with Gasteiger partial charge in [0.2, 0.25) is 0 Å². The Kier molecular flexibility index (Phi) is 3.84. The Morgan fingerprint density at radius 2 is 1.72 bits per heavy atom. The molecule has 1 aliphatic carbocycles. The van der Waals surface area contributed by atoms with E-state index in [0.717, 1.165) is 12.3 Å². The van der Waals surface area contributed by atoms with Crippen molar-refractivity contribution in [1.82, 2.24) is 5.32 Å². The largest absolute Gasteiger partial charge is 0.490 e. The number of nitrogens with one attached hydrogen (secondary N) is 1. The van der Waals surface area contributed by atoms with Gasteiger partial charge in [-0.3, -0.25) is 0 Å². The fourth-order valence-electron chi connectivity index (χ4n) is 3.15. The number of hydrogen-bond acceptors (Lipinski definition) is 2. The molecule has 2 heteroatoms. The highest BCUT2D eigenvalue weighted by Crippen LogP contribution is 2.27. The molecule has 1 N–H and O–H groups in total. The molecule has 18 heavy (non-hydrogen) atoms. The Bertz CT molecular complexity index is 361. The van der Waals surface area contributed by atoms with Crippen molar-refractivity contribution in [1.29, 1.82) is 0 Å². The Labute approximate surface area is 110 Å². The van der Waals surface area contributed by atoms with E-state index in [2.05, 4.69) is 29.6 Å². The first-order valence-corrected chi connectivity index (χ1v) is 7.39. The summed E-state index contributed by atoms with van der Waals surface area (Å²) in [5, 5.41) is 3.48. The summed E-state index contributed by atoms with van der Waals surface area (Å²) < 4.78 is 6.00. The second-order valence-electron chi connectivity index (χ2n) is 5.64. The van der Waals surface area contributed by atoms with Gasteiger partial charge in [-0.05, 0) is 68.7 Å². The standard InChI is InChI=1S/C16H23NO/c1-2-6-15(5-1)18-16-9-7-13(8-10-16)14-4-3-11-17-12-14/h7-10,14-15,17H,1-6,11-12H2. The van der Waals surface area contributed by atoms with Crippen LogP contribution in [0.15, 0.2) is 24.3 Å². The maximum absolute atomic E-state index is 6.00. The third kappa shape index (κ3) is 2.86. The third-order valence-electron chi connectivity index (χ3n) is 4.25. The van der Waals surface area contributed by atoms with Crippen LogP contribution in [0.2, 0.25) is 0 Å². The predicted molar refractivity (Wildman–Crippen MR) is 74.2 cm³/mol. The summed E-state index contributed by atoms with van der Waals surface area (Å²) in [4.78, 5) is 0. The average Bonchev–Trinajstić information content (AvgIpc) is 2.94.